The molecule has 0 aliphatic rings. The Balaban J connectivity index is 2.54. The lowest BCUT2D eigenvalue weighted by Crippen LogP contribution is -2.52. The fourth-order valence-electron chi connectivity index (χ4n) is 3.12. The second-order valence-corrected chi connectivity index (χ2v) is 8.70. The van der Waals surface area contributed by atoms with Gasteiger partial charge in [-0.3, -0.25) is 9.59 Å². The number of carbonyl (C=O) groups is 4. The van der Waals surface area contributed by atoms with Crippen LogP contribution in [0.4, 0.5) is 4.79 Å². The van der Waals surface area contributed by atoms with Crippen LogP contribution in [0.25, 0.3) is 0 Å². The van der Waals surface area contributed by atoms with E-state index >= 15 is 0 Å². The van der Waals surface area contributed by atoms with Gasteiger partial charge < -0.3 is 25.4 Å². The molecule has 0 heterocycles. The minimum Gasteiger partial charge on any atom is -0.467 e. The highest BCUT2D eigenvalue weighted by atomic mass is 16.5. The number of esters is 1. The molecule has 9 nitrogen and oxygen atoms in total. The number of benzene rings is 1. The first kappa shape index (κ1) is 27.9. The summed E-state index contributed by atoms with van der Waals surface area (Å²) in [5, 5.41) is 7.92. The quantitative estimate of drug-likeness (QED) is 0.386. The highest BCUT2D eigenvalue weighted by Gasteiger charge is 2.28. The number of carbonyl (C=O) groups excluding carboxylic acids is 4. The van der Waals surface area contributed by atoms with Gasteiger partial charge in [-0.25, -0.2) is 9.59 Å². The highest BCUT2D eigenvalue weighted by Crippen LogP contribution is 2.10. The summed E-state index contributed by atoms with van der Waals surface area (Å²) in [5.41, 5.74) is 0.857. The lowest BCUT2D eigenvalue weighted by Gasteiger charge is -2.24. The molecule has 3 N–H and O–H groups in total. The summed E-state index contributed by atoms with van der Waals surface area (Å²) in [5.74, 6) is -1.06. The van der Waals surface area contributed by atoms with Gasteiger partial charge in [-0.15, -0.1) is 0 Å². The Bertz CT molecular complexity index is 767. The van der Waals surface area contributed by atoms with Gasteiger partial charge in [-0.1, -0.05) is 58.0 Å². The van der Waals surface area contributed by atoms with E-state index in [4.69, 9.17) is 9.47 Å². The fraction of sp³-hybridized carbons (Fsp3) is 0.583. The number of alkyl carbamates (subject to hydrolysis) is 1. The third-order valence-corrected chi connectivity index (χ3v) is 4.70. The number of ether oxygens (including phenoxy) is 2. The van der Waals surface area contributed by atoms with Crippen LogP contribution >= 0.6 is 0 Å². The highest BCUT2D eigenvalue weighted by molar-refractivity contribution is 5.90. The topological polar surface area (TPSA) is 123 Å². The zero-order valence-electron chi connectivity index (χ0n) is 20.2. The van der Waals surface area contributed by atoms with Crippen LogP contribution in [0.15, 0.2) is 30.3 Å². The van der Waals surface area contributed by atoms with Crippen LogP contribution < -0.4 is 16.0 Å². The molecule has 0 aliphatic carbocycles. The van der Waals surface area contributed by atoms with Crippen LogP contribution in [-0.4, -0.2) is 49.6 Å². The van der Waals surface area contributed by atoms with Crippen molar-refractivity contribution in [2.45, 2.75) is 65.6 Å². The average molecular weight is 464 g/mol. The molecule has 1 rings (SSSR count). The summed E-state index contributed by atoms with van der Waals surface area (Å²) in [6.45, 7) is 7.94. The zero-order chi connectivity index (χ0) is 24.8. The lowest BCUT2D eigenvalue weighted by atomic mass is 10.0. The summed E-state index contributed by atoms with van der Waals surface area (Å²) in [4.78, 5) is 49.0. The molecule has 0 aromatic heterocycles. The standard InChI is InChI=1S/C24H37N3O6/c1-16(2)13-19(22(29)27-20(14-17(3)4)23(30)32-5)26-21(28)11-12-25-24(31)33-15-18-9-7-6-8-10-18/h6-10,16-17,19-20H,11-15H2,1-5H3,(H,25,31)(H,26,28)(H,27,29)/t19-,20-/m0/s1. The lowest BCUT2D eigenvalue weighted by molar-refractivity contribution is -0.145. The molecule has 3 amide bonds. The molecule has 33 heavy (non-hydrogen) atoms. The molecule has 0 unspecified atom stereocenters. The van der Waals surface area contributed by atoms with E-state index in [-0.39, 0.29) is 31.4 Å². The van der Waals surface area contributed by atoms with Crippen molar-refractivity contribution in [3.8, 4) is 0 Å². The minimum atomic E-state index is -0.804. The van der Waals surface area contributed by atoms with Crippen molar-refractivity contribution in [3.63, 3.8) is 0 Å². The molecule has 184 valence electrons. The molecular weight excluding hydrogens is 426 g/mol. The van der Waals surface area contributed by atoms with Crippen molar-refractivity contribution >= 4 is 23.9 Å². The molecule has 0 saturated heterocycles. The van der Waals surface area contributed by atoms with Gasteiger partial charge in [0.15, 0.2) is 0 Å². The van der Waals surface area contributed by atoms with Gasteiger partial charge >= 0.3 is 12.1 Å². The van der Waals surface area contributed by atoms with Crippen molar-refractivity contribution < 1.29 is 28.7 Å². The molecule has 1 aromatic carbocycles. The number of amides is 3. The fourth-order valence-corrected chi connectivity index (χ4v) is 3.12. The van der Waals surface area contributed by atoms with E-state index in [1.54, 1.807) is 0 Å². The van der Waals surface area contributed by atoms with Crippen molar-refractivity contribution in [2.75, 3.05) is 13.7 Å². The van der Waals surface area contributed by atoms with Gasteiger partial charge in [0, 0.05) is 13.0 Å². The summed E-state index contributed by atoms with van der Waals surface area (Å²) in [7, 11) is 1.27. The normalized spacial score (nSPS) is 12.6. The second kappa shape index (κ2) is 14.9. The Morgan fingerprint density at radius 3 is 2.06 bits per heavy atom. The van der Waals surface area contributed by atoms with E-state index in [0.717, 1.165) is 5.56 Å². The monoisotopic (exact) mass is 463 g/mol. The van der Waals surface area contributed by atoms with Crippen molar-refractivity contribution in [1.29, 1.82) is 0 Å². The predicted octanol–water partition coefficient (Wildman–Crippen LogP) is 2.54. The summed E-state index contributed by atoms with van der Waals surface area (Å²) >= 11 is 0. The van der Waals surface area contributed by atoms with Crippen LogP contribution in [-0.2, 0) is 30.5 Å². The molecule has 2 atom stereocenters. The van der Waals surface area contributed by atoms with E-state index in [9.17, 15) is 19.2 Å². The van der Waals surface area contributed by atoms with E-state index in [1.165, 1.54) is 7.11 Å². The first-order chi connectivity index (χ1) is 15.6. The maximum Gasteiger partial charge on any atom is 0.407 e. The van der Waals surface area contributed by atoms with Crippen molar-refractivity contribution in [2.24, 2.45) is 11.8 Å². The zero-order valence-corrected chi connectivity index (χ0v) is 20.2. The van der Waals surface area contributed by atoms with E-state index in [1.807, 2.05) is 58.0 Å². The van der Waals surface area contributed by atoms with Gasteiger partial charge in [0.1, 0.15) is 18.7 Å². The smallest absolute Gasteiger partial charge is 0.407 e. The number of nitrogens with one attached hydrogen (secondary N) is 3. The Morgan fingerprint density at radius 2 is 1.48 bits per heavy atom. The van der Waals surface area contributed by atoms with Gasteiger partial charge in [0.2, 0.25) is 11.8 Å². The van der Waals surface area contributed by atoms with E-state index in [2.05, 4.69) is 16.0 Å². The number of rotatable bonds is 13. The van der Waals surface area contributed by atoms with Crippen LogP contribution in [0, 0.1) is 11.8 Å². The van der Waals surface area contributed by atoms with Gasteiger partial charge in [0.25, 0.3) is 0 Å². The number of hydrogen-bond donors (Lipinski definition) is 3. The Morgan fingerprint density at radius 1 is 0.879 bits per heavy atom. The van der Waals surface area contributed by atoms with Gasteiger partial charge in [-0.2, -0.15) is 0 Å². The van der Waals surface area contributed by atoms with Crippen molar-refractivity contribution in [1.82, 2.24) is 16.0 Å². The molecule has 0 aliphatic heterocycles. The van der Waals surface area contributed by atoms with E-state index in [0.29, 0.717) is 12.8 Å². The molecule has 1 aromatic rings. The van der Waals surface area contributed by atoms with Crippen LogP contribution in [0.2, 0.25) is 0 Å². The minimum absolute atomic E-state index is 0.0191. The molecular formula is C24H37N3O6. The summed E-state index contributed by atoms with van der Waals surface area (Å²) in [6, 6.07) is 7.66. The Labute approximate surface area is 196 Å². The first-order valence-electron chi connectivity index (χ1n) is 11.2. The molecule has 0 spiro atoms. The molecule has 9 heteroatoms. The van der Waals surface area contributed by atoms with Crippen LogP contribution in [0.1, 0.15) is 52.5 Å². The molecule has 0 bridgehead atoms. The molecule has 0 fully saturated rings. The predicted molar refractivity (Wildman–Crippen MR) is 124 cm³/mol. The van der Waals surface area contributed by atoms with Gasteiger partial charge in [-0.05, 0) is 30.2 Å². The van der Waals surface area contributed by atoms with Crippen molar-refractivity contribution in [3.05, 3.63) is 35.9 Å². The first-order valence-corrected chi connectivity index (χ1v) is 11.2. The average Bonchev–Trinajstić information content (AvgIpc) is 2.76. The van der Waals surface area contributed by atoms with E-state index < -0.39 is 36.0 Å². The maximum atomic E-state index is 12.8. The Hall–Kier alpha value is -3.10. The molecule has 0 saturated carbocycles. The third-order valence-electron chi connectivity index (χ3n) is 4.70. The Kier molecular flexibility index (Phi) is 12.6. The van der Waals surface area contributed by atoms with Crippen LogP contribution in [0.3, 0.4) is 0 Å². The summed E-state index contributed by atoms with van der Waals surface area (Å²) < 4.78 is 9.89. The third kappa shape index (κ3) is 11.9. The van der Waals surface area contributed by atoms with Crippen LogP contribution in [0.5, 0.6) is 0 Å². The number of hydrogen-bond acceptors (Lipinski definition) is 6. The largest absolute Gasteiger partial charge is 0.467 e. The van der Waals surface area contributed by atoms with Gasteiger partial charge in [0.05, 0.1) is 7.11 Å². The second-order valence-electron chi connectivity index (χ2n) is 8.70. The maximum absolute atomic E-state index is 12.8. The SMILES string of the molecule is COC(=O)[C@H](CC(C)C)NC(=O)[C@H](CC(C)C)NC(=O)CCNC(=O)OCc1ccccc1. The molecule has 0 radical (unpaired) electrons. The summed E-state index contributed by atoms with van der Waals surface area (Å²) in [6.07, 6.45) is 0.183. The number of methoxy groups -OCH3 is 1.